The van der Waals surface area contributed by atoms with E-state index in [-0.39, 0.29) is 6.04 Å². The summed E-state index contributed by atoms with van der Waals surface area (Å²) < 4.78 is 1.80. The summed E-state index contributed by atoms with van der Waals surface area (Å²) in [6.07, 6.45) is 2.70. The highest BCUT2D eigenvalue weighted by Crippen LogP contribution is 2.27. The normalized spacial score (nSPS) is 27.5. The third-order valence-corrected chi connectivity index (χ3v) is 3.30. The van der Waals surface area contributed by atoms with Gasteiger partial charge in [-0.25, -0.2) is 0 Å². The standard InChI is InChI=1S/C7H13NOS2/c1-2-3-6-7(9)4-5-11-8(6)10/h6,10H,2-5H2,1H3. The van der Waals surface area contributed by atoms with Gasteiger partial charge >= 0.3 is 0 Å². The Kier molecular flexibility index (Phi) is 3.75. The number of rotatable bonds is 2. The van der Waals surface area contributed by atoms with Gasteiger partial charge in [0.1, 0.15) is 0 Å². The van der Waals surface area contributed by atoms with Crippen LogP contribution in [0.1, 0.15) is 26.2 Å². The zero-order valence-corrected chi connectivity index (χ0v) is 8.33. The molecule has 1 rings (SSSR count). The second kappa shape index (κ2) is 4.38. The topological polar surface area (TPSA) is 20.3 Å². The lowest BCUT2D eigenvalue weighted by Gasteiger charge is -2.28. The molecule has 0 radical (unpaired) electrons. The van der Waals surface area contributed by atoms with Crippen molar-refractivity contribution >= 4 is 30.5 Å². The fraction of sp³-hybridized carbons (Fsp3) is 0.857. The molecule has 0 aromatic carbocycles. The molecule has 4 heteroatoms. The average Bonchev–Trinajstić information content (AvgIpc) is 1.97. The molecule has 1 aliphatic rings. The summed E-state index contributed by atoms with van der Waals surface area (Å²) in [5.41, 5.74) is 0. The van der Waals surface area contributed by atoms with Crippen molar-refractivity contribution in [2.45, 2.75) is 32.2 Å². The Balaban J connectivity index is 2.48. The molecule has 0 N–H and O–H groups in total. The van der Waals surface area contributed by atoms with Crippen molar-refractivity contribution in [2.24, 2.45) is 0 Å². The van der Waals surface area contributed by atoms with Gasteiger partial charge in [-0.2, -0.15) is 3.71 Å². The molecule has 64 valence electrons. The minimum Gasteiger partial charge on any atom is -0.298 e. The van der Waals surface area contributed by atoms with Crippen LogP contribution in [0, 0.1) is 0 Å². The van der Waals surface area contributed by atoms with Crippen LogP contribution in [0.3, 0.4) is 0 Å². The number of carbonyl (C=O) groups is 1. The maximum Gasteiger partial charge on any atom is 0.152 e. The van der Waals surface area contributed by atoms with Crippen molar-refractivity contribution in [3.63, 3.8) is 0 Å². The first kappa shape index (κ1) is 9.42. The summed E-state index contributed by atoms with van der Waals surface area (Å²) in [7, 11) is 0. The van der Waals surface area contributed by atoms with Crippen molar-refractivity contribution in [1.82, 2.24) is 3.71 Å². The van der Waals surface area contributed by atoms with Crippen LogP contribution in [0.15, 0.2) is 0 Å². The average molecular weight is 191 g/mol. The number of carbonyl (C=O) groups excluding carboxylic acids is 1. The minimum absolute atomic E-state index is 0.0575. The highest BCUT2D eigenvalue weighted by atomic mass is 32.2. The SMILES string of the molecule is CCCC1C(=O)CCSN1S. The van der Waals surface area contributed by atoms with Crippen LogP contribution in [-0.2, 0) is 4.79 Å². The smallest absolute Gasteiger partial charge is 0.152 e. The van der Waals surface area contributed by atoms with Crippen LogP contribution < -0.4 is 0 Å². The molecular weight excluding hydrogens is 178 g/mol. The highest BCUT2D eigenvalue weighted by Gasteiger charge is 2.27. The predicted molar refractivity (Wildman–Crippen MR) is 51.6 cm³/mol. The molecule has 0 amide bonds. The van der Waals surface area contributed by atoms with Gasteiger partial charge in [-0.1, -0.05) is 38.1 Å². The van der Waals surface area contributed by atoms with Gasteiger partial charge in [0.25, 0.3) is 0 Å². The van der Waals surface area contributed by atoms with E-state index in [2.05, 4.69) is 19.7 Å². The van der Waals surface area contributed by atoms with Crippen LogP contribution in [0.25, 0.3) is 0 Å². The van der Waals surface area contributed by atoms with E-state index in [1.807, 2.05) is 0 Å². The summed E-state index contributed by atoms with van der Waals surface area (Å²) in [6, 6.07) is 0.0575. The Hall–Kier alpha value is 0.330. The van der Waals surface area contributed by atoms with E-state index in [0.717, 1.165) is 18.6 Å². The Morgan fingerprint density at radius 1 is 1.82 bits per heavy atom. The van der Waals surface area contributed by atoms with E-state index in [0.29, 0.717) is 12.2 Å². The second-order valence-corrected chi connectivity index (χ2v) is 4.42. The van der Waals surface area contributed by atoms with Crippen molar-refractivity contribution in [3.05, 3.63) is 0 Å². The van der Waals surface area contributed by atoms with E-state index in [1.165, 1.54) is 0 Å². The molecule has 11 heavy (non-hydrogen) atoms. The summed E-state index contributed by atoms with van der Waals surface area (Å²) in [5, 5.41) is 0. The van der Waals surface area contributed by atoms with Gasteiger partial charge < -0.3 is 0 Å². The third-order valence-electron chi connectivity index (χ3n) is 1.77. The van der Waals surface area contributed by atoms with Gasteiger partial charge in [-0.3, -0.25) is 4.79 Å². The van der Waals surface area contributed by atoms with Gasteiger partial charge in [-0.05, 0) is 6.42 Å². The van der Waals surface area contributed by atoms with Crippen molar-refractivity contribution in [2.75, 3.05) is 5.75 Å². The number of thiol groups is 1. The van der Waals surface area contributed by atoms with Crippen LogP contribution in [0.2, 0.25) is 0 Å². The van der Waals surface area contributed by atoms with Crippen LogP contribution in [0.4, 0.5) is 0 Å². The minimum atomic E-state index is 0.0575. The molecule has 0 aromatic heterocycles. The molecule has 0 saturated carbocycles. The van der Waals surface area contributed by atoms with Gasteiger partial charge in [0.05, 0.1) is 6.04 Å². The molecule has 1 heterocycles. The van der Waals surface area contributed by atoms with Crippen LogP contribution in [-0.4, -0.2) is 21.3 Å². The number of hydrogen-bond donors (Lipinski definition) is 1. The fourth-order valence-corrected chi connectivity index (χ4v) is 2.54. The largest absolute Gasteiger partial charge is 0.298 e. The molecule has 1 atom stereocenters. The van der Waals surface area contributed by atoms with Gasteiger partial charge in [0.15, 0.2) is 5.78 Å². The Labute approximate surface area is 77.4 Å². The maximum atomic E-state index is 11.3. The van der Waals surface area contributed by atoms with Gasteiger partial charge in [-0.15, -0.1) is 0 Å². The number of nitrogens with zero attached hydrogens (tertiary/aromatic N) is 1. The molecule has 1 aliphatic heterocycles. The number of Topliss-reactive ketones (excluding diaryl/α,β-unsaturated/α-hetero) is 1. The predicted octanol–water partition coefficient (Wildman–Crippen LogP) is 1.92. The first-order chi connectivity index (χ1) is 5.25. The number of hydrogen-bond acceptors (Lipinski definition) is 4. The molecule has 0 aromatic rings. The summed E-state index contributed by atoms with van der Waals surface area (Å²) in [5.74, 6) is 1.24. The molecule has 2 nitrogen and oxygen atoms in total. The fourth-order valence-electron chi connectivity index (χ4n) is 1.16. The van der Waals surface area contributed by atoms with Crippen LogP contribution in [0.5, 0.6) is 0 Å². The Morgan fingerprint density at radius 3 is 3.09 bits per heavy atom. The highest BCUT2D eigenvalue weighted by molar-refractivity contribution is 8.05. The van der Waals surface area contributed by atoms with Gasteiger partial charge in [0.2, 0.25) is 0 Å². The molecule has 0 aliphatic carbocycles. The zero-order valence-electron chi connectivity index (χ0n) is 6.62. The molecule has 1 unspecified atom stereocenters. The summed E-state index contributed by atoms with van der Waals surface area (Å²) in [4.78, 5) is 11.3. The van der Waals surface area contributed by atoms with Crippen molar-refractivity contribution < 1.29 is 4.79 Å². The van der Waals surface area contributed by atoms with E-state index < -0.39 is 0 Å². The number of ketones is 1. The van der Waals surface area contributed by atoms with Crippen LogP contribution >= 0.6 is 24.8 Å². The van der Waals surface area contributed by atoms with Gasteiger partial charge in [0, 0.05) is 12.2 Å². The third kappa shape index (κ3) is 2.39. The second-order valence-electron chi connectivity index (χ2n) is 2.66. The molecule has 1 saturated heterocycles. The maximum absolute atomic E-state index is 11.3. The Morgan fingerprint density at radius 2 is 2.55 bits per heavy atom. The molecule has 1 fully saturated rings. The zero-order chi connectivity index (χ0) is 8.27. The molecule has 0 spiro atoms. The van der Waals surface area contributed by atoms with E-state index in [1.54, 1.807) is 15.7 Å². The van der Waals surface area contributed by atoms with Crippen molar-refractivity contribution in [3.8, 4) is 0 Å². The van der Waals surface area contributed by atoms with Crippen molar-refractivity contribution in [1.29, 1.82) is 0 Å². The van der Waals surface area contributed by atoms with E-state index >= 15 is 0 Å². The first-order valence-corrected chi connectivity index (χ1v) is 5.23. The Bertz CT molecular complexity index is 151. The lowest BCUT2D eigenvalue weighted by Crippen LogP contribution is -2.35. The summed E-state index contributed by atoms with van der Waals surface area (Å²) >= 11 is 5.87. The molecular formula is C7H13NOS2. The quantitative estimate of drug-likeness (QED) is 0.532. The lowest BCUT2D eigenvalue weighted by atomic mass is 10.1. The van der Waals surface area contributed by atoms with E-state index in [4.69, 9.17) is 0 Å². The monoisotopic (exact) mass is 191 g/mol. The first-order valence-electron chi connectivity index (χ1n) is 3.89. The molecule has 0 bridgehead atoms. The summed E-state index contributed by atoms with van der Waals surface area (Å²) in [6.45, 7) is 2.09. The van der Waals surface area contributed by atoms with E-state index in [9.17, 15) is 4.79 Å². The lowest BCUT2D eigenvalue weighted by molar-refractivity contribution is -0.121.